The summed E-state index contributed by atoms with van der Waals surface area (Å²) >= 11 is 0. The van der Waals surface area contributed by atoms with Crippen molar-refractivity contribution in [2.75, 3.05) is 0 Å². The van der Waals surface area contributed by atoms with Crippen LogP contribution in [0.1, 0.15) is 60.3 Å². The molecule has 0 aliphatic rings. The molecule has 0 aromatic heterocycles. The second-order valence-corrected chi connectivity index (χ2v) is 5.13. The first kappa shape index (κ1) is 12.0. The Kier molecular flexibility index (Phi) is 4.25. The molecule has 0 saturated heterocycles. The number of hydrogen-bond acceptors (Lipinski definition) is 1. The third-order valence-corrected chi connectivity index (χ3v) is 2.78. The van der Waals surface area contributed by atoms with Crippen LogP contribution in [-0.2, 0) is 0 Å². The van der Waals surface area contributed by atoms with Gasteiger partial charge in [0, 0.05) is 5.54 Å². The van der Waals surface area contributed by atoms with E-state index in [9.17, 15) is 0 Å². The van der Waals surface area contributed by atoms with Gasteiger partial charge in [0.2, 0.25) is 0 Å². The van der Waals surface area contributed by atoms with E-state index in [0.717, 1.165) is 19.3 Å². The van der Waals surface area contributed by atoms with Crippen molar-refractivity contribution in [3.63, 3.8) is 0 Å². The van der Waals surface area contributed by atoms with Crippen LogP contribution < -0.4 is 5.73 Å². The first-order chi connectivity index (χ1) is 5.33. The summed E-state index contributed by atoms with van der Waals surface area (Å²) in [5, 5.41) is 0. The highest BCUT2D eigenvalue weighted by atomic mass is 14.7. The van der Waals surface area contributed by atoms with Crippen molar-refractivity contribution in [2.45, 2.75) is 65.8 Å². The summed E-state index contributed by atoms with van der Waals surface area (Å²) in [5.41, 5.74) is 6.72. The Hall–Kier alpha value is -0.0400. The van der Waals surface area contributed by atoms with Crippen LogP contribution in [0.2, 0.25) is 0 Å². The maximum Gasteiger partial charge on any atom is 0.0149 e. The SMILES string of the molecule is CCC(N)(CC)CCC(C)(C)C. The molecule has 0 aromatic carbocycles. The second kappa shape index (κ2) is 4.27. The highest BCUT2D eigenvalue weighted by Gasteiger charge is 2.22. The van der Waals surface area contributed by atoms with Crippen LogP contribution in [0.3, 0.4) is 0 Å². The minimum absolute atomic E-state index is 0.0906. The van der Waals surface area contributed by atoms with Crippen LogP contribution in [0.5, 0.6) is 0 Å². The molecule has 0 fully saturated rings. The second-order valence-electron chi connectivity index (χ2n) is 5.13. The molecule has 0 bridgehead atoms. The van der Waals surface area contributed by atoms with E-state index in [0.29, 0.717) is 5.41 Å². The highest BCUT2D eigenvalue weighted by molar-refractivity contribution is 4.82. The molecule has 74 valence electrons. The van der Waals surface area contributed by atoms with Crippen LogP contribution in [0.4, 0.5) is 0 Å². The minimum atomic E-state index is 0.0906. The lowest BCUT2D eigenvalue weighted by molar-refractivity contribution is 0.279. The first-order valence-corrected chi connectivity index (χ1v) is 5.12. The molecule has 0 aromatic rings. The van der Waals surface area contributed by atoms with Crippen molar-refractivity contribution in [1.29, 1.82) is 0 Å². The number of rotatable bonds is 4. The van der Waals surface area contributed by atoms with Gasteiger partial charge in [0.1, 0.15) is 0 Å². The van der Waals surface area contributed by atoms with Gasteiger partial charge in [0.05, 0.1) is 0 Å². The summed E-state index contributed by atoms with van der Waals surface area (Å²) in [7, 11) is 0. The number of hydrogen-bond donors (Lipinski definition) is 1. The molecule has 12 heavy (non-hydrogen) atoms. The van der Waals surface area contributed by atoms with Crippen LogP contribution in [0.25, 0.3) is 0 Å². The van der Waals surface area contributed by atoms with E-state index in [2.05, 4.69) is 34.6 Å². The molecule has 1 nitrogen and oxygen atoms in total. The standard InChI is InChI=1S/C11H25N/c1-6-11(12,7-2)9-8-10(3,4)5/h6-9,12H2,1-5H3. The van der Waals surface area contributed by atoms with Gasteiger partial charge in [0.25, 0.3) is 0 Å². The fourth-order valence-electron chi connectivity index (χ4n) is 1.23. The molecule has 0 amide bonds. The van der Waals surface area contributed by atoms with Gasteiger partial charge in [0.15, 0.2) is 0 Å². The molecule has 0 radical (unpaired) electrons. The molecule has 0 spiro atoms. The monoisotopic (exact) mass is 171 g/mol. The Morgan fingerprint density at radius 2 is 1.33 bits per heavy atom. The van der Waals surface area contributed by atoms with E-state index in [1.54, 1.807) is 0 Å². The van der Waals surface area contributed by atoms with E-state index in [4.69, 9.17) is 5.73 Å². The van der Waals surface area contributed by atoms with Gasteiger partial charge in [-0.1, -0.05) is 34.6 Å². The van der Waals surface area contributed by atoms with E-state index >= 15 is 0 Å². The Bertz CT molecular complexity index is 117. The van der Waals surface area contributed by atoms with Gasteiger partial charge in [-0.15, -0.1) is 0 Å². The van der Waals surface area contributed by atoms with Crippen LogP contribution in [-0.4, -0.2) is 5.54 Å². The molecule has 0 rings (SSSR count). The van der Waals surface area contributed by atoms with Gasteiger partial charge in [-0.25, -0.2) is 0 Å². The van der Waals surface area contributed by atoms with Gasteiger partial charge in [-0.3, -0.25) is 0 Å². The van der Waals surface area contributed by atoms with E-state index in [1.165, 1.54) is 6.42 Å². The quantitative estimate of drug-likeness (QED) is 0.690. The zero-order valence-corrected chi connectivity index (χ0v) is 9.41. The Labute approximate surface area is 77.7 Å². The smallest absolute Gasteiger partial charge is 0.0149 e. The van der Waals surface area contributed by atoms with Crippen LogP contribution in [0, 0.1) is 5.41 Å². The Morgan fingerprint density at radius 3 is 1.58 bits per heavy atom. The lowest BCUT2D eigenvalue weighted by atomic mass is 9.81. The molecule has 0 unspecified atom stereocenters. The molecule has 0 heterocycles. The highest BCUT2D eigenvalue weighted by Crippen LogP contribution is 2.27. The lowest BCUT2D eigenvalue weighted by Crippen LogP contribution is -2.39. The fraction of sp³-hybridized carbons (Fsp3) is 1.00. The Morgan fingerprint density at radius 1 is 0.917 bits per heavy atom. The molecule has 0 aliphatic carbocycles. The lowest BCUT2D eigenvalue weighted by Gasteiger charge is -2.30. The zero-order chi connectivity index (χ0) is 9.83. The third kappa shape index (κ3) is 4.76. The molecule has 0 aliphatic heterocycles. The number of nitrogens with two attached hydrogens (primary N) is 1. The van der Waals surface area contributed by atoms with Gasteiger partial charge < -0.3 is 5.73 Å². The first-order valence-electron chi connectivity index (χ1n) is 5.12. The predicted molar refractivity (Wildman–Crippen MR) is 56.2 cm³/mol. The molecule has 2 N–H and O–H groups in total. The molecular formula is C11H25N. The average molecular weight is 171 g/mol. The van der Waals surface area contributed by atoms with Crippen LogP contribution >= 0.6 is 0 Å². The average Bonchev–Trinajstić information content (AvgIpc) is 1.99. The largest absolute Gasteiger partial charge is 0.325 e. The fourth-order valence-corrected chi connectivity index (χ4v) is 1.23. The van der Waals surface area contributed by atoms with Crippen molar-refractivity contribution in [2.24, 2.45) is 11.1 Å². The third-order valence-electron chi connectivity index (χ3n) is 2.78. The summed E-state index contributed by atoms with van der Waals surface area (Å²) in [6.07, 6.45) is 4.58. The molecule has 0 atom stereocenters. The van der Waals surface area contributed by atoms with Gasteiger partial charge in [-0.2, -0.15) is 0 Å². The predicted octanol–water partition coefficient (Wildman–Crippen LogP) is 3.33. The Balaban J connectivity index is 3.89. The normalized spacial score (nSPS) is 13.5. The minimum Gasteiger partial charge on any atom is -0.325 e. The molecule has 0 saturated carbocycles. The van der Waals surface area contributed by atoms with Gasteiger partial charge in [-0.05, 0) is 31.1 Å². The summed E-state index contributed by atoms with van der Waals surface area (Å²) in [4.78, 5) is 0. The van der Waals surface area contributed by atoms with Gasteiger partial charge >= 0.3 is 0 Å². The maximum atomic E-state index is 6.20. The molecular weight excluding hydrogens is 146 g/mol. The zero-order valence-electron chi connectivity index (χ0n) is 9.41. The topological polar surface area (TPSA) is 26.0 Å². The van der Waals surface area contributed by atoms with E-state index < -0.39 is 0 Å². The van der Waals surface area contributed by atoms with Crippen LogP contribution in [0.15, 0.2) is 0 Å². The molecule has 1 heteroatoms. The maximum absolute atomic E-state index is 6.20. The summed E-state index contributed by atoms with van der Waals surface area (Å²) in [6.45, 7) is 11.2. The van der Waals surface area contributed by atoms with Crippen molar-refractivity contribution >= 4 is 0 Å². The van der Waals surface area contributed by atoms with Crippen molar-refractivity contribution in [1.82, 2.24) is 0 Å². The summed E-state index contributed by atoms with van der Waals surface area (Å²) < 4.78 is 0. The summed E-state index contributed by atoms with van der Waals surface area (Å²) in [5.74, 6) is 0. The van der Waals surface area contributed by atoms with Crippen molar-refractivity contribution in [3.8, 4) is 0 Å². The van der Waals surface area contributed by atoms with Crippen molar-refractivity contribution < 1.29 is 0 Å². The van der Waals surface area contributed by atoms with Crippen molar-refractivity contribution in [3.05, 3.63) is 0 Å². The summed E-state index contributed by atoms with van der Waals surface area (Å²) in [6, 6.07) is 0. The van der Waals surface area contributed by atoms with E-state index in [-0.39, 0.29) is 5.54 Å². The van der Waals surface area contributed by atoms with E-state index in [1.807, 2.05) is 0 Å².